The Morgan fingerprint density at radius 1 is 0.974 bits per heavy atom. The van der Waals surface area contributed by atoms with Crippen LogP contribution in [0.25, 0.3) is 0 Å². The van der Waals surface area contributed by atoms with Crippen molar-refractivity contribution in [2.45, 2.75) is 97.1 Å². The van der Waals surface area contributed by atoms with E-state index in [1.807, 2.05) is 81.4 Å². The smallest absolute Gasteiger partial charge is 0.141 e. The van der Waals surface area contributed by atoms with Crippen LogP contribution >= 0.6 is 0 Å². The second kappa shape index (κ2) is 16.2. The molecule has 0 aromatic heterocycles. The fourth-order valence-electron chi connectivity index (χ4n) is 5.44. The molecule has 1 aliphatic heterocycles. The van der Waals surface area contributed by atoms with Gasteiger partial charge in [0, 0.05) is 24.9 Å². The molecule has 0 radical (unpaired) electrons. The maximum absolute atomic E-state index is 13.3. The number of aliphatic hydroxyl groups is 1. The average Bonchev–Trinajstić information content (AvgIpc) is 2.96. The van der Waals surface area contributed by atoms with Crippen LogP contribution in [0.3, 0.4) is 0 Å². The molecule has 0 aliphatic carbocycles. The van der Waals surface area contributed by atoms with Crippen molar-refractivity contribution in [1.82, 2.24) is 0 Å². The number of rotatable bonds is 16. The maximum Gasteiger partial charge on any atom is 0.141 e. The van der Waals surface area contributed by atoms with E-state index >= 15 is 0 Å². The summed E-state index contributed by atoms with van der Waals surface area (Å²) in [4.78, 5) is 13.3. The Kier molecular flexibility index (Phi) is 13.1. The number of Topliss-reactive ketones (excluding diaryl/α,β-unsaturated/α-hetero) is 1. The number of methoxy groups -OCH3 is 1. The third-order valence-electron chi connectivity index (χ3n) is 8.07. The van der Waals surface area contributed by atoms with Crippen molar-refractivity contribution in [3.8, 4) is 0 Å². The fraction of sp³-hybridized carbons (Fsp3) is 0.606. The quantitative estimate of drug-likeness (QED) is 0.282. The average molecular weight is 541 g/mol. The number of ketones is 1. The van der Waals surface area contributed by atoms with E-state index in [2.05, 4.69) is 6.92 Å². The molecular weight excluding hydrogens is 492 g/mol. The highest BCUT2D eigenvalue weighted by Crippen LogP contribution is 2.28. The van der Waals surface area contributed by atoms with E-state index in [0.29, 0.717) is 19.8 Å². The van der Waals surface area contributed by atoms with Gasteiger partial charge in [0.2, 0.25) is 0 Å². The number of aliphatic hydroxyl groups excluding tert-OH is 1. The summed E-state index contributed by atoms with van der Waals surface area (Å²) >= 11 is 0. The van der Waals surface area contributed by atoms with Gasteiger partial charge in [-0.05, 0) is 43.7 Å². The van der Waals surface area contributed by atoms with E-state index in [1.54, 1.807) is 7.11 Å². The Morgan fingerprint density at radius 2 is 1.59 bits per heavy atom. The van der Waals surface area contributed by atoms with Crippen molar-refractivity contribution in [1.29, 1.82) is 0 Å². The lowest BCUT2D eigenvalue weighted by molar-refractivity contribution is -0.135. The molecule has 1 heterocycles. The Morgan fingerprint density at radius 3 is 2.21 bits per heavy atom. The monoisotopic (exact) mass is 540 g/mol. The Labute approximate surface area is 235 Å². The minimum atomic E-state index is -0.843. The molecule has 39 heavy (non-hydrogen) atoms. The molecule has 0 amide bonds. The van der Waals surface area contributed by atoms with Gasteiger partial charge in [-0.3, -0.25) is 4.79 Å². The van der Waals surface area contributed by atoms with Crippen LogP contribution in [0, 0.1) is 17.8 Å². The van der Waals surface area contributed by atoms with Gasteiger partial charge in [-0.15, -0.1) is 0 Å². The molecule has 1 N–H and O–H groups in total. The summed E-state index contributed by atoms with van der Waals surface area (Å²) in [6.45, 7) is 9.02. The highest BCUT2D eigenvalue weighted by molar-refractivity contribution is 5.83. The van der Waals surface area contributed by atoms with Crippen molar-refractivity contribution in [2.24, 2.45) is 17.8 Å². The molecule has 3 rings (SSSR count). The van der Waals surface area contributed by atoms with Crippen molar-refractivity contribution < 1.29 is 28.8 Å². The summed E-state index contributed by atoms with van der Waals surface area (Å²) in [5.74, 6) is -0.888. The summed E-state index contributed by atoms with van der Waals surface area (Å²) in [5, 5.41) is 11.3. The Balaban J connectivity index is 1.56. The third-order valence-corrected chi connectivity index (χ3v) is 8.07. The molecule has 8 atom stereocenters. The zero-order valence-electron chi connectivity index (χ0n) is 24.3. The van der Waals surface area contributed by atoms with Crippen LogP contribution in [0.1, 0.15) is 64.5 Å². The van der Waals surface area contributed by atoms with Gasteiger partial charge in [0.15, 0.2) is 0 Å². The summed E-state index contributed by atoms with van der Waals surface area (Å²) in [5.41, 5.74) is 2.14. The van der Waals surface area contributed by atoms with Gasteiger partial charge in [-0.2, -0.15) is 0 Å². The Bertz CT molecular complexity index is 951. The van der Waals surface area contributed by atoms with Crippen LogP contribution in [-0.4, -0.2) is 55.1 Å². The van der Waals surface area contributed by atoms with E-state index < -0.39 is 12.0 Å². The van der Waals surface area contributed by atoms with Gasteiger partial charge in [-0.25, -0.2) is 0 Å². The zero-order chi connectivity index (χ0) is 28.2. The molecule has 2 aromatic carbocycles. The minimum Gasteiger partial charge on any atom is -0.392 e. The summed E-state index contributed by atoms with van der Waals surface area (Å²) < 4.78 is 23.9. The lowest BCUT2D eigenvalue weighted by atomic mass is 9.81. The number of hydrogen-bond donors (Lipinski definition) is 1. The normalized spacial score (nSPS) is 23.5. The van der Waals surface area contributed by atoms with Gasteiger partial charge in [0.1, 0.15) is 5.78 Å². The number of hydrogen-bond acceptors (Lipinski definition) is 6. The molecule has 1 saturated heterocycles. The third kappa shape index (κ3) is 10.1. The summed E-state index contributed by atoms with van der Waals surface area (Å²) in [7, 11) is 1.75. The van der Waals surface area contributed by atoms with E-state index in [-0.39, 0.29) is 42.0 Å². The van der Waals surface area contributed by atoms with E-state index in [9.17, 15) is 9.90 Å². The number of carbonyl (C=O) groups is 1. The molecule has 0 bridgehead atoms. The first-order chi connectivity index (χ1) is 18.8. The first-order valence-electron chi connectivity index (χ1n) is 14.5. The van der Waals surface area contributed by atoms with Crippen LogP contribution in [0.4, 0.5) is 0 Å². The highest BCUT2D eigenvalue weighted by Gasteiger charge is 2.35. The topological polar surface area (TPSA) is 74.2 Å². The lowest BCUT2D eigenvalue weighted by Gasteiger charge is -2.34. The molecule has 0 saturated carbocycles. The highest BCUT2D eigenvalue weighted by atomic mass is 16.5. The van der Waals surface area contributed by atoms with Crippen molar-refractivity contribution in [3.05, 3.63) is 71.8 Å². The second-order valence-corrected chi connectivity index (χ2v) is 11.3. The zero-order valence-corrected chi connectivity index (χ0v) is 24.3. The molecule has 1 fully saturated rings. The fourth-order valence-corrected chi connectivity index (χ4v) is 5.44. The predicted molar refractivity (Wildman–Crippen MR) is 153 cm³/mol. The van der Waals surface area contributed by atoms with Gasteiger partial charge < -0.3 is 24.1 Å². The first kappa shape index (κ1) is 31.4. The number of benzene rings is 2. The van der Waals surface area contributed by atoms with Crippen LogP contribution in [0.5, 0.6) is 0 Å². The van der Waals surface area contributed by atoms with Crippen LogP contribution in [-0.2, 0) is 37.0 Å². The second-order valence-electron chi connectivity index (χ2n) is 11.3. The van der Waals surface area contributed by atoms with Crippen LogP contribution in [0.15, 0.2) is 60.7 Å². The Hall–Kier alpha value is -2.09. The molecule has 6 nitrogen and oxygen atoms in total. The van der Waals surface area contributed by atoms with Crippen molar-refractivity contribution >= 4 is 5.78 Å². The number of carbonyl (C=O) groups excluding carboxylic acids is 1. The van der Waals surface area contributed by atoms with E-state index in [0.717, 1.165) is 36.8 Å². The molecule has 216 valence electrons. The molecule has 1 aliphatic rings. The largest absolute Gasteiger partial charge is 0.392 e. The summed E-state index contributed by atoms with van der Waals surface area (Å²) in [6.07, 6.45) is 2.58. The van der Waals surface area contributed by atoms with Gasteiger partial charge in [0.25, 0.3) is 0 Å². The van der Waals surface area contributed by atoms with Crippen molar-refractivity contribution in [2.75, 3.05) is 13.7 Å². The van der Waals surface area contributed by atoms with Gasteiger partial charge in [-0.1, -0.05) is 81.4 Å². The van der Waals surface area contributed by atoms with Crippen LogP contribution < -0.4 is 0 Å². The van der Waals surface area contributed by atoms with E-state index in [1.165, 1.54) is 0 Å². The molecule has 6 heteroatoms. The molecular formula is C33H48O6. The number of ether oxygens (including phenoxy) is 4. The SMILES string of the molecule is CO[C@H]1C[C@H](CC[C@H](C)C(=O)[C@H](C)[C@@H](O)[C@@H](C)[C@@H](COCc2ccccc2)OCc2ccccc2)O[C@@H](C)C1. The summed E-state index contributed by atoms with van der Waals surface area (Å²) in [6, 6.07) is 20.0. The maximum atomic E-state index is 13.3. The molecule has 0 unspecified atom stereocenters. The minimum absolute atomic E-state index is 0.0773. The van der Waals surface area contributed by atoms with Crippen LogP contribution in [0.2, 0.25) is 0 Å². The van der Waals surface area contributed by atoms with Crippen molar-refractivity contribution in [3.63, 3.8) is 0 Å². The first-order valence-corrected chi connectivity index (χ1v) is 14.5. The standard InChI is InChI=1S/C33H48O6/c1-23(16-17-29-19-30(36-5)18-24(2)39-29)32(34)26(4)33(35)25(3)31(38-21-28-14-10-7-11-15-28)22-37-20-27-12-8-6-9-13-27/h6-15,23-26,29-31,33,35H,16-22H2,1-5H3/t23-,24-,25-,26-,29-,30+,31+,33-/m0/s1. The van der Waals surface area contributed by atoms with E-state index in [4.69, 9.17) is 18.9 Å². The lowest BCUT2D eigenvalue weighted by Crippen LogP contribution is -2.42. The van der Waals surface area contributed by atoms with Gasteiger partial charge in [0.05, 0.1) is 50.3 Å². The van der Waals surface area contributed by atoms with Gasteiger partial charge >= 0.3 is 0 Å². The predicted octanol–water partition coefficient (Wildman–Crippen LogP) is 5.99. The molecule has 0 spiro atoms. The molecule has 2 aromatic rings.